The topological polar surface area (TPSA) is 32.3 Å². The van der Waals surface area contributed by atoms with Crippen molar-refractivity contribution in [3.05, 3.63) is 70.5 Å². The molecule has 1 aliphatic rings. The van der Waals surface area contributed by atoms with Gasteiger partial charge in [0.15, 0.2) is 0 Å². The van der Waals surface area contributed by atoms with Gasteiger partial charge >= 0.3 is 0 Å². The van der Waals surface area contributed by atoms with Crippen LogP contribution in [0, 0.1) is 5.82 Å². The third-order valence-corrected chi connectivity index (χ3v) is 4.57. The molecule has 1 N–H and O–H groups in total. The van der Waals surface area contributed by atoms with Crippen LogP contribution in [0.1, 0.15) is 23.6 Å². The summed E-state index contributed by atoms with van der Waals surface area (Å²) in [5.74, 6) is -0.140. The molecule has 3 rings (SSSR count). The second kappa shape index (κ2) is 7.77. The lowest BCUT2D eigenvalue weighted by Crippen LogP contribution is -2.48. The highest BCUT2D eigenvalue weighted by molar-refractivity contribution is 6.30. The minimum Gasteiger partial charge on any atom is -0.333 e. The number of piperazine rings is 1. The average molecular weight is 347 g/mol. The molecular weight excluding hydrogens is 327 g/mol. The number of hydrogen-bond donors (Lipinski definition) is 1. The quantitative estimate of drug-likeness (QED) is 0.917. The summed E-state index contributed by atoms with van der Waals surface area (Å²) in [6.07, 6.45) is 1.04. The summed E-state index contributed by atoms with van der Waals surface area (Å²) in [7, 11) is 0. The van der Waals surface area contributed by atoms with Crippen LogP contribution in [0.2, 0.25) is 5.02 Å². The highest BCUT2D eigenvalue weighted by atomic mass is 35.5. The van der Waals surface area contributed by atoms with E-state index < -0.39 is 0 Å². The Labute approximate surface area is 146 Å². The molecule has 1 fully saturated rings. The summed E-state index contributed by atoms with van der Waals surface area (Å²) in [5, 5.41) is 4.02. The van der Waals surface area contributed by atoms with Crippen molar-refractivity contribution in [1.82, 2.24) is 10.2 Å². The van der Waals surface area contributed by atoms with Gasteiger partial charge in [0.2, 0.25) is 5.91 Å². The molecule has 0 spiro atoms. The fraction of sp³-hybridized carbons (Fsp3) is 0.316. The predicted octanol–water partition coefficient (Wildman–Crippen LogP) is 3.58. The second-order valence-electron chi connectivity index (χ2n) is 5.99. The average Bonchev–Trinajstić information content (AvgIpc) is 2.61. The van der Waals surface area contributed by atoms with Crippen molar-refractivity contribution in [2.45, 2.75) is 18.9 Å². The highest BCUT2D eigenvalue weighted by Gasteiger charge is 2.27. The van der Waals surface area contributed by atoms with Gasteiger partial charge in [0.1, 0.15) is 5.82 Å². The number of hydrogen-bond acceptors (Lipinski definition) is 2. The molecule has 2 aromatic rings. The molecule has 24 heavy (non-hydrogen) atoms. The molecule has 0 aliphatic carbocycles. The van der Waals surface area contributed by atoms with Gasteiger partial charge in [-0.15, -0.1) is 0 Å². The van der Waals surface area contributed by atoms with Crippen LogP contribution in [-0.2, 0) is 11.2 Å². The van der Waals surface area contributed by atoms with Gasteiger partial charge in [0, 0.05) is 31.1 Å². The van der Waals surface area contributed by atoms with Crippen LogP contribution in [0.15, 0.2) is 48.5 Å². The van der Waals surface area contributed by atoms with Crippen LogP contribution in [0.4, 0.5) is 4.39 Å². The van der Waals surface area contributed by atoms with E-state index in [1.807, 2.05) is 29.2 Å². The Bertz CT molecular complexity index is 705. The van der Waals surface area contributed by atoms with Crippen LogP contribution in [0.25, 0.3) is 0 Å². The summed E-state index contributed by atoms with van der Waals surface area (Å²) in [6.45, 7) is 2.20. The number of halogens is 2. The van der Waals surface area contributed by atoms with Crippen LogP contribution >= 0.6 is 11.6 Å². The van der Waals surface area contributed by atoms with Crippen molar-refractivity contribution in [2.24, 2.45) is 0 Å². The van der Waals surface area contributed by atoms with Crippen molar-refractivity contribution < 1.29 is 9.18 Å². The van der Waals surface area contributed by atoms with Crippen molar-refractivity contribution in [3.63, 3.8) is 0 Å². The largest absolute Gasteiger partial charge is 0.333 e. The van der Waals surface area contributed by atoms with Crippen molar-refractivity contribution in [3.8, 4) is 0 Å². The van der Waals surface area contributed by atoms with Crippen molar-refractivity contribution in [2.75, 3.05) is 19.6 Å². The first-order valence-corrected chi connectivity index (χ1v) is 8.51. The molecule has 3 nitrogen and oxygen atoms in total. The monoisotopic (exact) mass is 346 g/mol. The summed E-state index contributed by atoms with van der Waals surface area (Å²) in [6, 6.07) is 14.0. The zero-order valence-corrected chi connectivity index (χ0v) is 14.1. The summed E-state index contributed by atoms with van der Waals surface area (Å²) in [4.78, 5) is 14.6. The predicted molar refractivity (Wildman–Crippen MR) is 93.5 cm³/mol. The molecular formula is C19H20ClFN2O. The molecule has 0 saturated carbocycles. The van der Waals surface area contributed by atoms with Gasteiger partial charge in [-0.25, -0.2) is 4.39 Å². The third-order valence-electron chi connectivity index (χ3n) is 4.34. The van der Waals surface area contributed by atoms with Gasteiger partial charge in [-0.1, -0.05) is 35.9 Å². The Balaban J connectivity index is 1.68. The van der Waals surface area contributed by atoms with E-state index >= 15 is 0 Å². The number of rotatable bonds is 4. The van der Waals surface area contributed by atoms with Crippen LogP contribution in [0.3, 0.4) is 0 Å². The maximum Gasteiger partial charge on any atom is 0.223 e. The SMILES string of the molecule is O=C(CCc1ccc(F)cc1)N1CCNCC1c1cccc(Cl)c1. The molecule has 1 saturated heterocycles. The van der Waals surface area contributed by atoms with Crippen LogP contribution in [-0.4, -0.2) is 30.4 Å². The van der Waals surface area contributed by atoms with E-state index in [1.54, 1.807) is 12.1 Å². The molecule has 1 atom stereocenters. The first-order chi connectivity index (χ1) is 11.6. The Kier molecular flexibility index (Phi) is 5.48. The molecule has 1 heterocycles. The lowest BCUT2D eigenvalue weighted by Gasteiger charge is -2.36. The Morgan fingerprint density at radius 2 is 2.04 bits per heavy atom. The minimum absolute atomic E-state index is 0.00170. The smallest absolute Gasteiger partial charge is 0.223 e. The zero-order chi connectivity index (χ0) is 16.9. The normalized spacial score (nSPS) is 17.8. The van der Waals surface area contributed by atoms with E-state index in [0.29, 0.717) is 24.4 Å². The molecule has 0 bridgehead atoms. The van der Waals surface area contributed by atoms with Gasteiger partial charge in [0.25, 0.3) is 0 Å². The standard InChI is InChI=1S/C19H20ClFN2O/c20-16-3-1-2-15(12-16)18-13-22-10-11-23(18)19(24)9-6-14-4-7-17(21)8-5-14/h1-5,7-8,12,18,22H,6,9-11,13H2. The minimum atomic E-state index is -0.256. The summed E-state index contributed by atoms with van der Waals surface area (Å²) in [5.41, 5.74) is 2.02. The van der Waals surface area contributed by atoms with E-state index in [0.717, 1.165) is 24.2 Å². The van der Waals surface area contributed by atoms with E-state index in [4.69, 9.17) is 11.6 Å². The van der Waals surface area contributed by atoms with E-state index in [-0.39, 0.29) is 17.8 Å². The van der Waals surface area contributed by atoms with Gasteiger partial charge in [-0.3, -0.25) is 4.79 Å². The maximum absolute atomic E-state index is 13.0. The molecule has 126 valence electrons. The Hall–Kier alpha value is -1.91. The summed E-state index contributed by atoms with van der Waals surface area (Å²) >= 11 is 6.09. The Morgan fingerprint density at radius 1 is 1.25 bits per heavy atom. The van der Waals surface area contributed by atoms with E-state index in [9.17, 15) is 9.18 Å². The number of benzene rings is 2. The number of aryl methyl sites for hydroxylation is 1. The lowest BCUT2D eigenvalue weighted by molar-refractivity contribution is -0.134. The first kappa shape index (κ1) is 16.9. The van der Waals surface area contributed by atoms with E-state index in [1.165, 1.54) is 12.1 Å². The molecule has 2 aromatic carbocycles. The van der Waals surface area contributed by atoms with Gasteiger partial charge in [-0.2, -0.15) is 0 Å². The molecule has 1 amide bonds. The maximum atomic E-state index is 13.0. The fourth-order valence-corrected chi connectivity index (χ4v) is 3.26. The van der Waals surface area contributed by atoms with Crippen molar-refractivity contribution >= 4 is 17.5 Å². The van der Waals surface area contributed by atoms with Crippen molar-refractivity contribution in [1.29, 1.82) is 0 Å². The first-order valence-electron chi connectivity index (χ1n) is 8.13. The van der Waals surface area contributed by atoms with Crippen LogP contribution < -0.4 is 5.32 Å². The number of carbonyl (C=O) groups excluding carboxylic acids is 1. The van der Waals surface area contributed by atoms with E-state index in [2.05, 4.69) is 5.32 Å². The second-order valence-corrected chi connectivity index (χ2v) is 6.42. The highest BCUT2D eigenvalue weighted by Crippen LogP contribution is 2.25. The molecule has 1 aliphatic heterocycles. The third kappa shape index (κ3) is 4.13. The summed E-state index contributed by atoms with van der Waals surface area (Å²) < 4.78 is 13.0. The molecule has 0 radical (unpaired) electrons. The number of nitrogens with one attached hydrogen (secondary N) is 1. The molecule has 0 aromatic heterocycles. The Morgan fingerprint density at radius 3 is 2.79 bits per heavy atom. The van der Waals surface area contributed by atoms with Gasteiger partial charge < -0.3 is 10.2 Å². The molecule has 1 unspecified atom stereocenters. The molecule has 5 heteroatoms. The van der Waals surface area contributed by atoms with Gasteiger partial charge in [0.05, 0.1) is 6.04 Å². The zero-order valence-electron chi connectivity index (χ0n) is 13.3. The number of carbonyl (C=O) groups is 1. The van der Waals surface area contributed by atoms with Gasteiger partial charge in [-0.05, 0) is 41.8 Å². The number of nitrogens with zero attached hydrogens (tertiary/aromatic N) is 1. The lowest BCUT2D eigenvalue weighted by atomic mass is 10.0. The fourth-order valence-electron chi connectivity index (χ4n) is 3.06. The van der Waals surface area contributed by atoms with Crippen LogP contribution in [0.5, 0.6) is 0 Å². The number of amides is 1.